The second kappa shape index (κ2) is 6.78. The third-order valence-corrected chi connectivity index (χ3v) is 3.20. The highest BCUT2D eigenvalue weighted by atomic mass is 16.5. The number of nitrogens with zero attached hydrogens (tertiary/aromatic N) is 3. The van der Waals surface area contributed by atoms with E-state index in [2.05, 4.69) is 46.2 Å². The lowest BCUT2D eigenvalue weighted by Gasteiger charge is -2.21. The number of benzene rings is 1. The zero-order chi connectivity index (χ0) is 15.2. The van der Waals surface area contributed by atoms with Crippen LogP contribution in [-0.2, 0) is 0 Å². The molecule has 21 heavy (non-hydrogen) atoms. The van der Waals surface area contributed by atoms with Gasteiger partial charge in [-0.15, -0.1) is 0 Å². The Morgan fingerprint density at radius 2 is 1.81 bits per heavy atom. The van der Waals surface area contributed by atoms with Crippen LogP contribution >= 0.6 is 0 Å². The van der Waals surface area contributed by atoms with E-state index in [0.29, 0.717) is 11.7 Å². The number of ether oxygens (including phenoxy) is 1. The molecule has 112 valence electrons. The van der Waals surface area contributed by atoms with Crippen LogP contribution in [-0.4, -0.2) is 30.2 Å². The summed E-state index contributed by atoms with van der Waals surface area (Å²) in [6, 6.07) is 9.89. The van der Waals surface area contributed by atoms with Gasteiger partial charge >= 0.3 is 0 Å². The van der Waals surface area contributed by atoms with Crippen LogP contribution in [0.3, 0.4) is 0 Å². The highest BCUT2D eigenvalue weighted by Gasteiger charge is 2.04. The molecule has 0 spiro atoms. The molecule has 0 unspecified atom stereocenters. The molecule has 2 aromatic rings. The van der Waals surface area contributed by atoms with E-state index in [1.807, 2.05) is 12.1 Å². The largest absolute Gasteiger partial charge is 0.481 e. The topological polar surface area (TPSA) is 76.3 Å². The molecule has 0 saturated carbocycles. The Bertz CT molecular complexity index is 581. The average molecular weight is 287 g/mol. The van der Waals surface area contributed by atoms with Gasteiger partial charge in [0.2, 0.25) is 11.8 Å². The van der Waals surface area contributed by atoms with Crippen LogP contribution < -0.4 is 20.7 Å². The van der Waals surface area contributed by atoms with Crippen LogP contribution in [0.1, 0.15) is 13.8 Å². The maximum absolute atomic E-state index is 5.64. The first-order valence-corrected chi connectivity index (χ1v) is 6.96. The lowest BCUT2D eigenvalue weighted by molar-refractivity contribution is 0.398. The summed E-state index contributed by atoms with van der Waals surface area (Å²) in [5.74, 6) is 1.22. The monoisotopic (exact) mass is 287 g/mol. The number of aromatic nitrogens is 2. The van der Waals surface area contributed by atoms with Gasteiger partial charge in [0.1, 0.15) is 5.82 Å². The molecule has 0 radical (unpaired) electrons. The molecule has 0 saturated heterocycles. The van der Waals surface area contributed by atoms with E-state index in [0.717, 1.165) is 18.8 Å². The Hall–Kier alpha value is -2.50. The first-order valence-electron chi connectivity index (χ1n) is 6.96. The minimum absolute atomic E-state index is 0.177. The Labute approximate surface area is 125 Å². The second-order valence-corrected chi connectivity index (χ2v) is 4.50. The first kappa shape index (κ1) is 14.9. The van der Waals surface area contributed by atoms with Gasteiger partial charge < -0.3 is 20.7 Å². The molecule has 0 fully saturated rings. The lowest BCUT2D eigenvalue weighted by Crippen LogP contribution is -2.21. The fraction of sp³-hybridized carbons (Fsp3) is 0.333. The minimum atomic E-state index is 0.177. The summed E-state index contributed by atoms with van der Waals surface area (Å²) in [6.07, 6.45) is 0. The summed E-state index contributed by atoms with van der Waals surface area (Å²) in [5.41, 5.74) is 7.78. The standard InChI is InChI=1S/C15H21N5O/c1-4-20(5-2)12-8-6-11(7-9-12)17-13-10-14(21-3)19-15(16)18-13/h6-10H,4-5H2,1-3H3,(H3,16,17,18,19). The number of nitrogens with one attached hydrogen (secondary N) is 1. The molecule has 0 bridgehead atoms. The van der Waals surface area contributed by atoms with Crippen molar-refractivity contribution in [2.75, 3.05) is 36.1 Å². The zero-order valence-corrected chi connectivity index (χ0v) is 12.6. The summed E-state index contributed by atoms with van der Waals surface area (Å²) in [6.45, 7) is 6.27. The van der Waals surface area contributed by atoms with E-state index in [1.165, 1.54) is 5.69 Å². The summed E-state index contributed by atoms with van der Waals surface area (Å²) in [5, 5.41) is 3.19. The maximum atomic E-state index is 5.64. The van der Waals surface area contributed by atoms with Crippen LogP contribution in [0.2, 0.25) is 0 Å². The third-order valence-electron chi connectivity index (χ3n) is 3.20. The number of hydrogen-bond acceptors (Lipinski definition) is 6. The van der Waals surface area contributed by atoms with E-state index >= 15 is 0 Å². The second-order valence-electron chi connectivity index (χ2n) is 4.50. The van der Waals surface area contributed by atoms with Gasteiger partial charge in [-0.3, -0.25) is 0 Å². The smallest absolute Gasteiger partial charge is 0.225 e. The zero-order valence-electron chi connectivity index (χ0n) is 12.6. The fourth-order valence-electron chi connectivity index (χ4n) is 2.10. The van der Waals surface area contributed by atoms with Gasteiger partial charge in [-0.2, -0.15) is 9.97 Å². The number of methoxy groups -OCH3 is 1. The molecule has 0 aliphatic carbocycles. The molecular formula is C15H21N5O. The van der Waals surface area contributed by atoms with Gasteiger partial charge in [0.15, 0.2) is 0 Å². The molecule has 0 atom stereocenters. The van der Waals surface area contributed by atoms with Gasteiger partial charge in [0.05, 0.1) is 7.11 Å². The number of nitrogen functional groups attached to an aromatic ring is 1. The van der Waals surface area contributed by atoms with Crippen LogP contribution in [0, 0.1) is 0 Å². The molecule has 1 aromatic carbocycles. The van der Waals surface area contributed by atoms with Gasteiger partial charge in [-0.05, 0) is 38.1 Å². The van der Waals surface area contributed by atoms with Crippen molar-refractivity contribution in [2.24, 2.45) is 0 Å². The van der Waals surface area contributed by atoms with Crippen molar-refractivity contribution in [2.45, 2.75) is 13.8 Å². The normalized spacial score (nSPS) is 10.2. The van der Waals surface area contributed by atoms with Crippen LogP contribution in [0.25, 0.3) is 0 Å². The lowest BCUT2D eigenvalue weighted by atomic mass is 10.2. The third kappa shape index (κ3) is 3.75. The molecule has 1 aromatic heterocycles. The molecule has 0 aliphatic heterocycles. The van der Waals surface area contributed by atoms with Gasteiger partial charge in [0, 0.05) is 30.5 Å². The number of nitrogens with two attached hydrogens (primary N) is 1. The quantitative estimate of drug-likeness (QED) is 0.850. The van der Waals surface area contributed by atoms with Crippen molar-refractivity contribution in [3.8, 4) is 5.88 Å². The van der Waals surface area contributed by atoms with Crippen molar-refractivity contribution in [3.63, 3.8) is 0 Å². The van der Waals surface area contributed by atoms with Crippen molar-refractivity contribution in [1.82, 2.24) is 9.97 Å². The summed E-state index contributed by atoms with van der Waals surface area (Å²) in [7, 11) is 1.55. The Morgan fingerprint density at radius 1 is 1.14 bits per heavy atom. The van der Waals surface area contributed by atoms with Gasteiger partial charge in [-0.25, -0.2) is 0 Å². The molecule has 0 aliphatic rings. The van der Waals surface area contributed by atoms with E-state index in [-0.39, 0.29) is 5.95 Å². The Kier molecular flexibility index (Phi) is 4.81. The van der Waals surface area contributed by atoms with Crippen LogP contribution in [0.15, 0.2) is 30.3 Å². The predicted octanol–water partition coefficient (Wildman–Crippen LogP) is 2.66. The predicted molar refractivity (Wildman–Crippen MR) is 86.3 cm³/mol. The average Bonchev–Trinajstić information content (AvgIpc) is 2.49. The highest BCUT2D eigenvalue weighted by molar-refractivity contribution is 5.61. The van der Waals surface area contributed by atoms with E-state index in [9.17, 15) is 0 Å². The summed E-state index contributed by atoms with van der Waals surface area (Å²) in [4.78, 5) is 10.4. The molecule has 0 amide bonds. The van der Waals surface area contributed by atoms with Crippen molar-refractivity contribution < 1.29 is 4.74 Å². The molecule has 6 heteroatoms. The number of rotatable bonds is 6. The maximum Gasteiger partial charge on any atom is 0.225 e. The Balaban J connectivity index is 2.15. The molecule has 3 N–H and O–H groups in total. The number of anilines is 4. The van der Waals surface area contributed by atoms with Crippen LogP contribution in [0.5, 0.6) is 5.88 Å². The molecular weight excluding hydrogens is 266 g/mol. The van der Waals surface area contributed by atoms with Crippen molar-refractivity contribution >= 4 is 23.1 Å². The van der Waals surface area contributed by atoms with Crippen LogP contribution in [0.4, 0.5) is 23.1 Å². The molecule has 1 heterocycles. The summed E-state index contributed by atoms with van der Waals surface area (Å²) >= 11 is 0. The van der Waals surface area contributed by atoms with E-state index in [4.69, 9.17) is 10.5 Å². The number of hydrogen-bond donors (Lipinski definition) is 2. The SMILES string of the molecule is CCN(CC)c1ccc(Nc2cc(OC)nc(N)n2)cc1. The Morgan fingerprint density at radius 3 is 2.38 bits per heavy atom. The van der Waals surface area contributed by atoms with Gasteiger partial charge in [-0.1, -0.05) is 0 Å². The molecule has 2 rings (SSSR count). The minimum Gasteiger partial charge on any atom is -0.481 e. The van der Waals surface area contributed by atoms with Crippen molar-refractivity contribution in [1.29, 1.82) is 0 Å². The van der Waals surface area contributed by atoms with Crippen molar-refractivity contribution in [3.05, 3.63) is 30.3 Å². The fourth-order valence-corrected chi connectivity index (χ4v) is 2.10. The summed E-state index contributed by atoms with van der Waals surface area (Å²) < 4.78 is 5.08. The highest BCUT2D eigenvalue weighted by Crippen LogP contribution is 2.22. The van der Waals surface area contributed by atoms with E-state index < -0.39 is 0 Å². The first-order chi connectivity index (χ1) is 10.2. The van der Waals surface area contributed by atoms with E-state index in [1.54, 1.807) is 13.2 Å². The molecule has 6 nitrogen and oxygen atoms in total. The van der Waals surface area contributed by atoms with Gasteiger partial charge in [0.25, 0.3) is 0 Å².